The van der Waals surface area contributed by atoms with Crippen molar-refractivity contribution >= 4 is 29.0 Å². The Morgan fingerprint density at radius 2 is 2.09 bits per heavy atom. The van der Waals surface area contributed by atoms with Crippen molar-refractivity contribution in [1.82, 2.24) is 0 Å². The number of ether oxygens (including phenoxy) is 1. The number of nitrogens with one attached hydrogen (secondary N) is 1. The van der Waals surface area contributed by atoms with Gasteiger partial charge in [-0.15, -0.1) is 0 Å². The van der Waals surface area contributed by atoms with Crippen molar-refractivity contribution in [2.45, 2.75) is 19.4 Å². The minimum absolute atomic E-state index is 0.0183. The number of benzene rings is 2. The third-order valence-electron chi connectivity index (χ3n) is 3.62. The number of anilines is 2. The second kappa shape index (κ2) is 6.28. The topological polar surface area (TPSA) is 41.6 Å². The average molecular weight is 317 g/mol. The number of carbonyl (C=O) groups excluding carboxylic acids is 1. The lowest BCUT2D eigenvalue weighted by atomic mass is 10.1. The van der Waals surface area contributed by atoms with Crippen molar-refractivity contribution in [2.75, 3.05) is 16.8 Å². The highest BCUT2D eigenvalue weighted by molar-refractivity contribution is 6.31. The van der Waals surface area contributed by atoms with E-state index in [1.54, 1.807) is 17.0 Å². The van der Waals surface area contributed by atoms with Crippen LogP contribution in [0.5, 0.6) is 5.75 Å². The fourth-order valence-electron chi connectivity index (χ4n) is 2.44. The Kier molecular flexibility index (Phi) is 4.20. The Morgan fingerprint density at radius 3 is 2.82 bits per heavy atom. The molecule has 1 N–H and O–H groups in total. The molecule has 1 aliphatic rings. The third-order valence-corrected chi connectivity index (χ3v) is 3.85. The maximum atomic E-state index is 12.6. The molecule has 2 aromatic carbocycles. The van der Waals surface area contributed by atoms with E-state index in [1.165, 1.54) is 0 Å². The quantitative estimate of drug-likeness (QED) is 0.883. The van der Waals surface area contributed by atoms with Gasteiger partial charge in [-0.05, 0) is 36.8 Å². The van der Waals surface area contributed by atoms with Crippen LogP contribution < -0.4 is 15.0 Å². The average Bonchev–Trinajstić information content (AvgIpc) is 2.54. The highest BCUT2D eigenvalue weighted by atomic mass is 35.5. The number of halogens is 1. The number of hydrogen-bond donors (Lipinski definition) is 1. The van der Waals surface area contributed by atoms with Gasteiger partial charge >= 0.3 is 6.03 Å². The summed E-state index contributed by atoms with van der Waals surface area (Å²) >= 11 is 6.06. The smallest absolute Gasteiger partial charge is 0.326 e. The Balaban J connectivity index is 1.88. The van der Waals surface area contributed by atoms with E-state index in [2.05, 4.69) is 5.32 Å². The molecular weight excluding hydrogens is 300 g/mol. The van der Waals surface area contributed by atoms with Crippen LogP contribution in [0, 0.1) is 0 Å². The largest absolute Gasteiger partial charge is 0.486 e. The zero-order chi connectivity index (χ0) is 15.5. The van der Waals surface area contributed by atoms with Crippen LogP contribution in [0.25, 0.3) is 0 Å². The number of hydrogen-bond acceptors (Lipinski definition) is 2. The van der Waals surface area contributed by atoms with E-state index in [9.17, 15) is 4.79 Å². The third kappa shape index (κ3) is 3.02. The molecule has 114 valence electrons. The molecule has 4 nitrogen and oxygen atoms in total. The van der Waals surface area contributed by atoms with Gasteiger partial charge in [-0.1, -0.05) is 36.7 Å². The summed E-state index contributed by atoms with van der Waals surface area (Å²) in [4.78, 5) is 14.3. The lowest BCUT2D eigenvalue weighted by Gasteiger charge is -2.34. The zero-order valence-corrected chi connectivity index (χ0v) is 13.0. The van der Waals surface area contributed by atoms with Gasteiger partial charge in [-0.3, -0.25) is 4.90 Å². The van der Waals surface area contributed by atoms with Crippen molar-refractivity contribution in [3.8, 4) is 5.75 Å². The van der Waals surface area contributed by atoms with Gasteiger partial charge in [0.15, 0.2) is 0 Å². The fourth-order valence-corrected chi connectivity index (χ4v) is 2.60. The van der Waals surface area contributed by atoms with E-state index in [1.807, 2.05) is 43.3 Å². The second-order valence-electron chi connectivity index (χ2n) is 5.17. The van der Waals surface area contributed by atoms with Crippen LogP contribution in [-0.4, -0.2) is 18.7 Å². The number of carbonyl (C=O) groups is 1. The van der Waals surface area contributed by atoms with Crippen LogP contribution in [0.3, 0.4) is 0 Å². The van der Waals surface area contributed by atoms with Crippen LogP contribution in [0.2, 0.25) is 5.02 Å². The minimum atomic E-state index is -0.184. The van der Waals surface area contributed by atoms with E-state index in [0.29, 0.717) is 23.0 Å². The normalized spacial score (nSPS) is 16.6. The zero-order valence-electron chi connectivity index (χ0n) is 12.3. The molecule has 0 aromatic heterocycles. The van der Waals surface area contributed by atoms with Crippen LogP contribution in [0.1, 0.15) is 13.3 Å². The molecule has 0 spiro atoms. The molecule has 1 atom stereocenters. The number of rotatable bonds is 2. The number of amides is 2. The van der Waals surface area contributed by atoms with Gasteiger partial charge in [0.1, 0.15) is 11.9 Å². The molecule has 0 bridgehead atoms. The maximum absolute atomic E-state index is 12.6. The van der Waals surface area contributed by atoms with Gasteiger partial charge < -0.3 is 10.1 Å². The van der Waals surface area contributed by atoms with Crippen LogP contribution in [0.4, 0.5) is 16.2 Å². The van der Waals surface area contributed by atoms with Crippen LogP contribution >= 0.6 is 11.6 Å². The Bertz CT molecular complexity index is 676. The van der Waals surface area contributed by atoms with Crippen LogP contribution in [0.15, 0.2) is 48.5 Å². The number of para-hydroxylation sites is 1. The molecular formula is C17H17ClN2O2. The molecule has 1 heterocycles. The van der Waals surface area contributed by atoms with Gasteiger partial charge in [0.2, 0.25) is 0 Å². The van der Waals surface area contributed by atoms with Crippen molar-refractivity contribution in [1.29, 1.82) is 0 Å². The van der Waals surface area contributed by atoms with Crippen molar-refractivity contribution < 1.29 is 9.53 Å². The van der Waals surface area contributed by atoms with Gasteiger partial charge in [0, 0.05) is 10.7 Å². The van der Waals surface area contributed by atoms with E-state index in [-0.39, 0.29) is 12.1 Å². The maximum Gasteiger partial charge on any atom is 0.326 e. The summed E-state index contributed by atoms with van der Waals surface area (Å²) in [7, 11) is 0. The molecule has 0 aliphatic carbocycles. The molecule has 2 amide bonds. The molecule has 1 aliphatic heterocycles. The standard InChI is InChI=1S/C17H17ClN2O2/c1-2-14-11-20(15-10-12(18)8-9-16(15)22-14)17(21)19-13-6-4-3-5-7-13/h3-10,14H,2,11H2,1H3,(H,19,21)/t14-/m1/s1. The van der Waals surface area contributed by atoms with Gasteiger partial charge in [0.05, 0.1) is 12.2 Å². The first kappa shape index (κ1) is 14.7. The minimum Gasteiger partial charge on any atom is -0.486 e. The molecule has 0 saturated carbocycles. The van der Waals surface area contributed by atoms with E-state index >= 15 is 0 Å². The second-order valence-corrected chi connectivity index (χ2v) is 5.60. The lowest BCUT2D eigenvalue weighted by molar-refractivity contribution is 0.188. The summed E-state index contributed by atoms with van der Waals surface area (Å²) in [6.45, 7) is 2.54. The highest BCUT2D eigenvalue weighted by Gasteiger charge is 2.29. The fraction of sp³-hybridized carbons (Fsp3) is 0.235. The number of fused-ring (bicyclic) bond motifs is 1. The summed E-state index contributed by atoms with van der Waals surface area (Å²) in [6, 6.07) is 14.5. The van der Waals surface area contributed by atoms with Crippen molar-refractivity contribution in [2.24, 2.45) is 0 Å². The Hall–Kier alpha value is -2.20. The van der Waals surface area contributed by atoms with Crippen molar-refractivity contribution in [3.05, 3.63) is 53.6 Å². The van der Waals surface area contributed by atoms with E-state index < -0.39 is 0 Å². The van der Waals surface area contributed by atoms with E-state index in [4.69, 9.17) is 16.3 Å². The molecule has 0 fully saturated rings. The summed E-state index contributed by atoms with van der Waals surface area (Å²) in [6.07, 6.45) is 0.812. The monoisotopic (exact) mass is 316 g/mol. The molecule has 5 heteroatoms. The summed E-state index contributed by atoms with van der Waals surface area (Å²) in [5, 5.41) is 3.48. The molecule has 3 rings (SSSR count). The molecule has 22 heavy (non-hydrogen) atoms. The van der Waals surface area contributed by atoms with Crippen molar-refractivity contribution in [3.63, 3.8) is 0 Å². The summed E-state index contributed by atoms with van der Waals surface area (Å²) in [5.74, 6) is 0.686. The summed E-state index contributed by atoms with van der Waals surface area (Å²) in [5.41, 5.74) is 1.46. The Morgan fingerprint density at radius 1 is 1.32 bits per heavy atom. The predicted octanol–water partition coefficient (Wildman–Crippen LogP) is 4.55. The first-order valence-corrected chi connectivity index (χ1v) is 7.65. The predicted molar refractivity (Wildman–Crippen MR) is 89.0 cm³/mol. The first-order chi connectivity index (χ1) is 10.7. The SMILES string of the molecule is CC[C@@H]1CN(C(=O)Nc2ccccc2)c2cc(Cl)ccc2O1. The van der Waals surface area contributed by atoms with Crippen LogP contribution in [-0.2, 0) is 0 Å². The molecule has 0 unspecified atom stereocenters. The molecule has 0 saturated heterocycles. The first-order valence-electron chi connectivity index (χ1n) is 7.27. The number of nitrogens with zero attached hydrogens (tertiary/aromatic N) is 1. The Labute approximate surface area is 134 Å². The van der Waals surface area contributed by atoms with Gasteiger partial charge in [-0.2, -0.15) is 0 Å². The van der Waals surface area contributed by atoms with E-state index in [0.717, 1.165) is 12.1 Å². The molecule has 0 radical (unpaired) electrons. The summed E-state index contributed by atoms with van der Waals surface area (Å²) < 4.78 is 5.89. The number of urea groups is 1. The lowest BCUT2D eigenvalue weighted by Crippen LogP contribution is -2.45. The molecule has 2 aromatic rings. The van der Waals surface area contributed by atoms with Gasteiger partial charge in [0.25, 0.3) is 0 Å². The highest BCUT2D eigenvalue weighted by Crippen LogP contribution is 2.36. The van der Waals surface area contributed by atoms with Gasteiger partial charge in [-0.25, -0.2) is 4.79 Å².